The molecule has 0 saturated carbocycles. The molecule has 1 aromatic rings. The van der Waals surface area contributed by atoms with Gasteiger partial charge in [-0.3, -0.25) is 4.79 Å². The summed E-state index contributed by atoms with van der Waals surface area (Å²) in [4.78, 5) is 11.3. The largest absolute Gasteiger partial charge is 0.468 e. The van der Waals surface area contributed by atoms with Crippen molar-refractivity contribution < 1.29 is 14.3 Å². The topological polar surface area (TPSA) is 47.6 Å². The summed E-state index contributed by atoms with van der Waals surface area (Å²) in [5, 5.41) is 3.09. The molecule has 1 saturated heterocycles. The molecule has 4 nitrogen and oxygen atoms in total. The van der Waals surface area contributed by atoms with Gasteiger partial charge >= 0.3 is 5.97 Å². The Balaban J connectivity index is 0.00000162. The van der Waals surface area contributed by atoms with E-state index >= 15 is 0 Å². The third-order valence-corrected chi connectivity index (χ3v) is 2.90. The van der Waals surface area contributed by atoms with Gasteiger partial charge in [0.1, 0.15) is 6.04 Å². The van der Waals surface area contributed by atoms with E-state index in [1.54, 1.807) is 0 Å². The van der Waals surface area contributed by atoms with E-state index in [1.165, 1.54) is 7.11 Å². The van der Waals surface area contributed by atoms with Crippen molar-refractivity contribution in [1.82, 2.24) is 5.32 Å². The predicted molar refractivity (Wildman–Crippen MR) is 70.7 cm³/mol. The van der Waals surface area contributed by atoms with Crippen molar-refractivity contribution in [1.29, 1.82) is 0 Å². The lowest BCUT2D eigenvalue weighted by Gasteiger charge is -2.10. The summed E-state index contributed by atoms with van der Waals surface area (Å²) < 4.78 is 10.4. The molecule has 0 bridgehead atoms. The van der Waals surface area contributed by atoms with E-state index in [4.69, 9.17) is 4.74 Å². The van der Waals surface area contributed by atoms with Crippen LogP contribution >= 0.6 is 12.4 Å². The Bertz CT molecular complexity index is 372. The van der Waals surface area contributed by atoms with Crippen LogP contribution in [0.25, 0.3) is 0 Å². The van der Waals surface area contributed by atoms with Gasteiger partial charge in [0, 0.05) is 13.0 Å². The van der Waals surface area contributed by atoms with Gasteiger partial charge in [-0.05, 0) is 5.56 Å². The van der Waals surface area contributed by atoms with Crippen LogP contribution in [0, 0.1) is 0 Å². The molecule has 0 aromatic heterocycles. The molecule has 2 rings (SSSR count). The van der Waals surface area contributed by atoms with Crippen molar-refractivity contribution in [3.05, 3.63) is 35.9 Å². The lowest BCUT2D eigenvalue weighted by atomic mass is 10.2. The number of halogens is 1. The smallest absolute Gasteiger partial charge is 0.322 e. The second kappa shape index (κ2) is 7.36. The zero-order valence-corrected chi connectivity index (χ0v) is 11.1. The van der Waals surface area contributed by atoms with Crippen molar-refractivity contribution in [3.63, 3.8) is 0 Å². The normalized spacial score (nSPS) is 22.3. The molecule has 5 heteroatoms. The Morgan fingerprint density at radius 3 is 2.78 bits per heavy atom. The highest BCUT2D eigenvalue weighted by atomic mass is 35.5. The van der Waals surface area contributed by atoms with Crippen LogP contribution in [0.3, 0.4) is 0 Å². The number of esters is 1. The minimum absolute atomic E-state index is 0. The third kappa shape index (κ3) is 3.98. The average Bonchev–Trinajstić information content (AvgIpc) is 2.85. The summed E-state index contributed by atoms with van der Waals surface area (Å²) >= 11 is 0. The molecular formula is C13H18ClNO3. The third-order valence-electron chi connectivity index (χ3n) is 2.90. The molecule has 1 aliphatic rings. The second-order valence-corrected chi connectivity index (χ2v) is 4.14. The van der Waals surface area contributed by atoms with E-state index in [9.17, 15) is 4.79 Å². The van der Waals surface area contributed by atoms with Crippen molar-refractivity contribution in [2.45, 2.75) is 25.2 Å². The van der Waals surface area contributed by atoms with Crippen molar-refractivity contribution in [3.8, 4) is 0 Å². The highest BCUT2D eigenvalue weighted by Crippen LogP contribution is 2.13. The molecule has 1 aliphatic heterocycles. The number of hydrogen-bond acceptors (Lipinski definition) is 4. The minimum Gasteiger partial charge on any atom is -0.468 e. The lowest BCUT2D eigenvalue weighted by molar-refractivity contribution is -0.142. The number of hydrogen-bond donors (Lipinski definition) is 1. The molecule has 2 atom stereocenters. The first-order valence-corrected chi connectivity index (χ1v) is 5.76. The molecule has 0 aliphatic carbocycles. The van der Waals surface area contributed by atoms with Crippen LogP contribution in [0.5, 0.6) is 0 Å². The molecule has 0 amide bonds. The van der Waals surface area contributed by atoms with Gasteiger partial charge in [0.25, 0.3) is 0 Å². The van der Waals surface area contributed by atoms with Crippen LogP contribution in [0.4, 0.5) is 0 Å². The number of rotatable bonds is 4. The van der Waals surface area contributed by atoms with E-state index in [2.05, 4.69) is 10.1 Å². The lowest BCUT2D eigenvalue weighted by Crippen LogP contribution is -2.31. The van der Waals surface area contributed by atoms with Crippen molar-refractivity contribution in [2.75, 3.05) is 13.7 Å². The molecule has 0 radical (unpaired) electrons. The van der Waals surface area contributed by atoms with Crippen LogP contribution in [-0.4, -0.2) is 31.8 Å². The van der Waals surface area contributed by atoms with Crippen LogP contribution in [0.1, 0.15) is 12.0 Å². The maximum absolute atomic E-state index is 11.3. The molecule has 1 N–H and O–H groups in total. The first kappa shape index (κ1) is 15.0. The monoisotopic (exact) mass is 271 g/mol. The molecule has 1 heterocycles. The molecule has 0 unspecified atom stereocenters. The average molecular weight is 272 g/mol. The van der Waals surface area contributed by atoms with Gasteiger partial charge in [-0.1, -0.05) is 30.3 Å². The van der Waals surface area contributed by atoms with Gasteiger partial charge in [-0.25, -0.2) is 0 Å². The van der Waals surface area contributed by atoms with Gasteiger partial charge in [0.05, 0.1) is 19.8 Å². The van der Waals surface area contributed by atoms with E-state index in [0.29, 0.717) is 19.6 Å². The van der Waals surface area contributed by atoms with Gasteiger partial charge in [0.15, 0.2) is 0 Å². The fourth-order valence-corrected chi connectivity index (χ4v) is 1.94. The second-order valence-electron chi connectivity index (χ2n) is 4.14. The number of methoxy groups -OCH3 is 1. The number of ether oxygens (including phenoxy) is 2. The zero-order valence-electron chi connectivity index (χ0n) is 10.3. The maximum atomic E-state index is 11.3. The summed E-state index contributed by atoms with van der Waals surface area (Å²) in [6, 6.07) is 9.79. The Hall–Kier alpha value is -1.10. The van der Waals surface area contributed by atoms with Crippen LogP contribution < -0.4 is 5.32 Å². The Labute approximate surface area is 113 Å². The molecule has 100 valence electrons. The van der Waals surface area contributed by atoms with Gasteiger partial charge in [-0.2, -0.15) is 0 Å². The fraction of sp³-hybridized carbons (Fsp3) is 0.462. The summed E-state index contributed by atoms with van der Waals surface area (Å²) in [5.41, 5.74) is 1.15. The first-order valence-electron chi connectivity index (χ1n) is 5.76. The Morgan fingerprint density at radius 2 is 2.11 bits per heavy atom. The van der Waals surface area contributed by atoms with Crippen LogP contribution in [0.15, 0.2) is 30.3 Å². The highest BCUT2D eigenvalue weighted by molar-refractivity contribution is 5.85. The van der Waals surface area contributed by atoms with Gasteiger partial charge in [-0.15, -0.1) is 12.4 Å². The quantitative estimate of drug-likeness (QED) is 0.844. The fourth-order valence-electron chi connectivity index (χ4n) is 1.94. The molecule has 1 aromatic carbocycles. The van der Waals surface area contributed by atoms with E-state index < -0.39 is 0 Å². The standard InChI is InChI=1S/C13H17NO3.ClH/c1-16-13(15)12-7-11(8-14-12)17-9-10-5-3-2-4-6-10;/h2-6,11-12,14H,7-9H2,1H3;1H/t11-,12-;/m1./s1. The van der Waals surface area contributed by atoms with Crippen LogP contribution in [-0.2, 0) is 20.9 Å². The number of nitrogens with one attached hydrogen (secondary N) is 1. The summed E-state index contributed by atoms with van der Waals surface area (Å²) in [6.45, 7) is 1.29. The summed E-state index contributed by atoms with van der Waals surface area (Å²) in [6.07, 6.45) is 0.763. The highest BCUT2D eigenvalue weighted by Gasteiger charge is 2.30. The van der Waals surface area contributed by atoms with Gasteiger partial charge < -0.3 is 14.8 Å². The van der Waals surface area contributed by atoms with Gasteiger partial charge in [0.2, 0.25) is 0 Å². The van der Waals surface area contributed by atoms with Crippen LogP contribution in [0.2, 0.25) is 0 Å². The zero-order chi connectivity index (χ0) is 12.1. The number of carbonyl (C=O) groups is 1. The first-order chi connectivity index (χ1) is 8.29. The Morgan fingerprint density at radius 1 is 1.39 bits per heavy atom. The van der Waals surface area contributed by atoms with E-state index in [1.807, 2.05) is 30.3 Å². The number of benzene rings is 1. The molecule has 0 spiro atoms. The SMILES string of the molecule is COC(=O)[C@H]1C[C@@H](OCc2ccccc2)CN1.Cl. The Kier molecular flexibility index (Phi) is 6.12. The summed E-state index contributed by atoms with van der Waals surface area (Å²) in [7, 11) is 1.40. The minimum atomic E-state index is -0.222. The van der Waals surface area contributed by atoms with Crippen molar-refractivity contribution >= 4 is 18.4 Å². The molecule has 1 fully saturated rings. The van der Waals surface area contributed by atoms with Crippen molar-refractivity contribution in [2.24, 2.45) is 0 Å². The predicted octanol–water partition coefficient (Wildman–Crippen LogP) is 1.53. The summed E-state index contributed by atoms with van der Waals surface area (Å²) in [5.74, 6) is -0.212. The molecular weight excluding hydrogens is 254 g/mol. The molecule has 18 heavy (non-hydrogen) atoms. The maximum Gasteiger partial charge on any atom is 0.322 e. The van der Waals surface area contributed by atoms with E-state index in [-0.39, 0.29) is 30.5 Å². The number of carbonyl (C=O) groups excluding carboxylic acids is 1. The van der Waals surface area contributed by atoms with E-state index in [0.717, 1.165) is 5.56 Å².